The Balaban J connectivity index is 0.000000308. The van der Waals surface area contributed by atoms with E-state index in [9.17, 15) is 19.5 Å². The number of benzene rings is 1. The Kier molecular flexibility index (Phi) is 9.24. The van der Waals surface area contributed by atoms with E-state index in [1.807, 2.05) is 41.3 Å². The molecule has 36 heavy (non-hydrogen) atoms. The zero-order chi connectivity index (χ0) is 26.5. The van der Waals surface area contributed by atoms with Crippen molar-refractivity contribution in [1.29, 1.82) is 0 Å². The van der Waals surface area contributed by atoms with Crippen LogP contribution in [0.4, 0.5) is 0 Å². The van der Waals surface area contributed by atoms with Gasteiger partial charge in [0.05, 0.1) is 0 Å². The first kappa shape index (κ1) is 27.8. The summed E-state index contributed by atoms with van der Waals surface area (Å²) in [5.41, 5.74) is -0.610. The summed E-state index contributed by atoms with van der Waals surface area (Å²) in [4.78, 5) is 35.0. The average molecular weight is 505 g/mol. The molecule has 10 nitrogen and oxygen atoms in total. The molecule has 10 heteroatoms. The van der Waals surface area contributed by atoms with E-state index in [0.29, 0.717) is 17.9 Å². The van der Waals surface area contributed by atoms with E-state index in [4.69, 9.17) is 20.4 Å². The molecule has 3 fully saturated rings. The molecule has 5 atom stereocenters. The third-order valence-corrected chi connectivity index (χ3v) is 7.52. The van der Waals surface area contributed by atoms with Crippen LogP contribution in [0.25, 0.3) is 0 Å². The number of carbonyl (C=O) groups is 3. The van der Waals surface area contributed by atoms with E-state index in [1.165, 1.54) is 6.42 Å². The maximum atomic E-state index is 13.5. The molecule has 1 amide bonds. The number of fused-ring (bicyclic) bond motifs is 1. The summed E-state index contributed by atoms with van der Waals surface area (Å²) < 4.78 is 0. The van der Waals surface area contributed by atoms with Gasteiger partial charge in [0.25, 0.3) is 5.91 Å². The fourth-order valence-electron chi connectivity index (χ4n) is 5.47. The summed E-state index contributed by atoms with van der Waals surface area (Å²) in [7, 11) is 0. The monoisotopic (exact) mass is 504 g/mol. The number of aliphatic carboxylic acids is 2. The minimum Gasteiger partial charge on any atom is -0.479 e. The first-order valence-corrected chi connectivity index (χ1v) is 12.4. The number of likely N-dealkylation sites (tertiary alicyclic amines) is 1. The molecule has 1 saturated heterocycles. The Morgan fingerprint density at radius 2 is 1.53 bits per heavy atom. The molecule has 0 spiro atoms. The largest absolute Gasteiger partial charge is 0.479 e. The SMILES string of the molecule is C=CCNC1C2CN(C(=O)C(O)(c3ccccc3)C3CCCCC3)CC21.O=C(O)C(O)C(O)C(=O)O. The van der Waals surface area contributed by atoms with Crippen molar-refractivity contribution in [3.05, 3.63) is 48.6 Å². The third-order valence-electron chi connectivity index (χ3n) is 7.52. The van der Waals surface area contributed by atoms with Gasteiger partial charge in [-0.15, -0.1) is 6.58 Å². The fourth-order valence-corrected chi connectivity index (χ4v) is 5.47. The molecular weight excluding hydrogens is 468 g/mol. The Hall–Kier alpha value is -2.79. The van der Waals surface area contributed by atoms with Crippen LogP contribution in [0.15, 0.2) is 43.0 Å². The van der Waals surface area contributed by atoms with Gasteiger partial charge in [0, 0.05) is 31.6 Å². The van der Waals surface area contributed by atoms with Gasteiger partial charge in [-0.25, -0.2) is 9.59 Å². The number of aliphatic hydroxyl groups is 3. The molecule has 5 unspecified atom stereocenters. The number of aliphatic hydroxyl groups excluding tert-OH is 2. The van der Waals surface area contributed by atoms with Crippen LogP contribution in [-0.4, -0.2) is 86.2 Å². The normalized spacial score (nSPS) is 26.4. The lowest BCUT2D eigenvalue weighted by atomic mass is 9.72. The zero-order valence-corrected chi connectivity index (χ0v) is 20.2. The predicted molar refractivity (Wildman–Crippen MR) is 130 cm³/mol. The number of nitrogens with zero attached hydrogens (tertiary/aromatic N) is 1. The van der Waals surface area contributed by atoms with Gasteiger partial charge in [0.2, 0.25) is 0 Å². The molecule has 0 radical (unpaired) electrons. The van der Waals surface area contributed by atoms with Crippen molar-refractivity contribution in [2.75, 3.05) is 19.6 Å². The van der Waals surface area contributed by atoms with Crippen LogP contribution in [0.5, 0.6) is 0 Å². The lowest BCUT2D eigenvalue weighted by molar-refractivity contribution is -0.165. The molecule has 2 aliphatic carbocycles. The first-order valence-electron chi connectivity index (χ1n) is 12.4. The van der Waals surface area contributed by atoms with Gasteiger partial charge < -0.3 is 35.7 Å². The Labute approximate surface area is 210 Å². The van der Waals surface area contributed by atoms with Crippen LogP contribution in [0.1, 0.15) is 37.7 Å². The Bertz CT molecular complexity index is 905. The summed E-state index contributed by atoms with van der Waals surface area (Å²) in [6, 6.07) is 10.1. The van der Waals surface area contributed by atoms with Crippen molar-refractivity contribution in [3.8, 4) is 0 Å². The van der Waals surface area contributed by atoms with Crippen LogP contribution in [-0.2, 0) is 20.0 Å². The van der Waals surface area contributed by atoms with Crippen molar-refractivity contribution in [2.45, 2.75) is 56.0 Å². The average Bonchev–Trinajstić information content (AvgIpc) is 3.34. The van der Waals surface area contributed by atoms with Crippen molar-refractivity contribution < 1.29 is 39.9 Å². The van der Waals surface area contributed by atoms with Crippen molar-refractivity contribution in [1.82, 2.24) is 10.2 Å². The number of carboxylic acids is 2. The summed E-state index contributed by atoms with van der Waals surface area (Å²) in [6.07, 6.45) is 2.63. The summed E-state index contributed by atoms with van der Waals surface area (Å²) in [5.74, 6) is -2.52. The molecule has 1 aromatic rings. The maximum Gasteiger partial charge on any atom is 0.335 e. The number of carboxylic acid groups (broad SMARTS) is 2. The second-order valence-electron chi connectivity index (χ2n) is 9.79. The number of hydrogen-bond donors (Lipinski definition) is 6. The number of carbonyl (C=O) groups excluding carboxylic acids is 1. The van der Waals surface area contributed by atoms with Gasteiger partial charge in [0.1, 0.15) is 0 Å². The second kappa shape index (κ2) is 12.0. The van der Waals surface area contributed by atoms with Crippen molar-refractivity contribution in [2.24, 2.45) is 17.8 Å². The van der Waals surface area contributed by atoms with Crippen LogP contribution < -0.4 is 5.32 Å². The third kappa shape index (κ3) is 5.95. The molecule has 3 aliphatic rings. The minimum atomic E-state index is -2.27. The maximum absolute atomic E-state index is 13.5. The number of nitrogens with one attached hydrogen (secondary N) is 1. The number of amides is 1. The van der Waals surface area contributed by atoms with Gasteiger partial charge in [-0.1, -0.05) is 55.7 Å². The van der Waals surface area contributed by atoms with Crippen LogP contribution in [0.2, 0.25) is 0 Å². The topological polar surface area (TPSA) is 168 Å². The summed E-state index contributed by atoms with van der Waals surface area (Å²) in [5, 5.41) is 47.7. The van der Waals surface area contributed by atoms with E-state index in [-0.39, 0.29) is 11.8 Å². The molecule has 0 aromatic heterocycles. The fraction of sp³-hybridized carbons (Fsp3) is 0.577. The molecular formula is C26H36N2O8. The lowest BCUT2D eigenvalue weighted by Crippen LogP contribution is -2.52. The Morgan fingerprint density at radius 1 is 1.00 bits per heavy atom. The van der Waals surface area contributed by atoms with Crippen LogP contribution in [0.3, 0.4) is 0 Å². The Morgan fingerprint density at radius 3 is 2.00 bits per heavy atom. The molecule has 1 aliphatic heterocycles. The number of piperidine rings is 1. The van der Waals surface area contributed by atoms with Gasteiger partial charge in [-0.2, -0.15) is 0 Å². The highest BCUT2D eigenvalue weighted by molar-refractivity contribution is 5.87. The quantitative estimate of drug-likeness (QED) is 0.263. The molecule has 1 aromatic carbocycles. The van der Waals surface area contributed by atoms with Gasteiger partial charge >= 0.3 is 11.9 Å². The van der Waals surface area contributed by atoms with Gasteiger partial charge in [0.15, 0.2) is 17.8 Å². The van der Waals surface area contributed by atoms with Crippen molar-refractivity contribution >= 4 is 17.8 Å². The number of rotatable bonds is 9. The van der Waals surface area contributed by atoms with Crippen LogP contribution in [0, 0.1) is 17.8 Å². The van der Waals surface area contributed by atoms with E-state index < -0.39 is 29.7 Å². The molecule has 198 valence electrons. The second-order valence-corrected chi connectivity index (χ2v) is 9.79. The summed E-state index contributed by atoms with van der Waals surface area (Å²) in [6.45, 7) is 6.10. The van der Waals surface area contributed by atoms with Gasteiger partial charge in [-0.05, 0) is 30.2 Å². The minimum absolute atomic E-state index is 0.0257. The standard InChI is InChI=1S/C22H30N2O2.C4H6O6/c1-2-13-23-20-18-14-24(15-19(18)20)21(25)22(26,16-9-5-3-6-10-16)17-11-7-4-8-12-17;5-1(3(7)8)2(6)4(9)10/h2-3,5-6,9-10,17-20,23,26H,1,4,7-8,11-15H2;1-2,5-6H,(H,7,8)(H,9,10). The van der Waals surface area contributed by atoms with E-state index in [0.717, 1.165) is 50.9 Å². The number of hydrogen-bond acceptors (Lipinski definition) is 7. The predicted octanol–water partition coefficient (Wildman–Crippen LogP) is 0.564. The molecule has 4 rings (SSSR count). The molecule has 0 bridgehead atoms. The van der Waals surface area contributed by atoms with Crippen LogP contribution >= 0.6 is 0 Å². The highest BCUT2D eigenvalue weighted by Gasteiger charge is 2.59. The summed E-state index contributed by atoms with van der Waals surface area (Å²) >= 11 is 0. The first-order chi connectivity index (χ1) is 17.1. The van der Waals surface area contributed by atoms with E-state index in [1.54, 1.807) is 0 Å². The molecule has 1 heterocycles. The van der Waals surface area contributed by atoms with Crippen molar-refractivity contribution in [3.63, 3.8) is 0 Å². The highest BCUT2D eigenvalue weighted by atomic mass is 16.4. The van der Waals surface area contributed by atoms with Gasteiger partial charge in [-0.3, -0.25) is 4.79 Å². The molecule has 6 N–H and O–H groups in total. The lowest BCUT2D eigenvalue weighted by Gasteiger charge is -2.40. The van der Waals surface area contributed by atoms with E-state index in [2.05, 4.69) is 11.9 Å². The highest BCUT2D eigenvalue weighted by Crippen LogP contribution is 2.48. The molecule has 2 saturated carbocycles. The van der Waals surface area contributed by atoms with E-state index >= 15 is 0 Å². The zero-order valence-electron chi connectivity index (χ0n) is 20.2. The smallest absolute Gasteiger partial charge is 0.335 e.